The lowest BCUT2D eigenvalue weighted by atomic mass is 9.83. The zero-order chi connectivity index (χ0) is 18.5. The lowest BCUT2D eigenvalue weighted by Gasteiger charge is -2.38. The van der Waals surface area contributed by atoms with E-state index in [1.54, 1.807) is 0 Å². The smallest absolute Gasteiger partial charge is 0.247 e. The Balaban J connectivity index is 1.64. The summed E-state index contributed by atoms with van der Waals surface area (Å²) in [6, 6.07) is 9.94. The molecule has 2 N–H and O–H groups in total. The molecule has 6 heteroatoms. The van der Waals surface area contributed by atoms with Crippen molar-refractivity contribution in [3.05, 3.63) is 47.7 Å². The lowest BCUT2D eigenvalue weighted by Crippen LogP contribution is -2.48. The molecule has 2 aliphatic heterocycles. The Morgan fingerprint density at radius 1 is 1.35 bits per heavy atom. The van der Waals surface area contributed by atoms with Gasteiger partial charge < -0.3 is 4.90 Å². The van der Waals surface area contributed by atoms with E-state index in [1.165, 1.54) is 0 Å². The van der Waals surface area contributed by atoms with E-state index in [1.807, 2.05) is 53.7 Å². The van der Waals surface area contributed by atoms with E-state index < -0.39 is 6.30 Å². The summed E-state index contributed by atoms with van der Waals surface area (Å²) in [4.78, 5) is 16.2. The molecule has 0 bridgehead atoms. The fourth-order valence-electron chi connectivity index (χ4n) is 5.10. The van der Waals surface area contributed by atoms with Crippen molar-refractivity contribution in [2.45, 2.75) is 26.1 Å². The number of rotatable bonds is 4. The number of carbonyl (C=O) groups excluding carboxylic acids is 1. The molecular weight excluding hydrogens is 333 g/mol. The van der Waals surface area contributed by atoms with Gasteiger partial charge in [0.25, 0.3) is 0 Å². The van der Waals surface area contributed by atoms with Crippen LogP contribution in [0, 0.1) is 17.3 Å². The maximum Gasteiger partial charge on any atom is 0.247 e. The van der Waals surface area contributed by atoms with Crippen molar-refractivity contribution in [1.29, 1.82) is 0 Å². The van der Waals surface area contributed by atoms with Crippen LogP contribution in [0.15, 0.2) is 42.1 Å². The van der Waals surface area contributed by atoms with Crippen molar-refractivity contribution < 1.29 is 14.4 Å². The Morgan fingerprint density at radius 2 is 2.08 bits per heavy atom. The van der Waals surface area contributed by atoms with Gasteiger partial charge in [0, 0.05) is 31.0 Å². The van der Waals surface area contributed by atoms with E-state index in [2.05, 4.69) is 11.8 Å². The Morgan fingerprint density at radius 3 is 2.73 bits per heavy atom. The molecule has 2 fully saturated rings. The fourth-order valence-corrected chi connectivity index (χ4v) is 5.10. The minimum atomic E-state index is -1.07. The number of hydrogen-bond acceptors (Lipinski definition) is 4. The van der Waals surface area contributed by atoms with E-state index in [0.29, 0.717) is 6.54 Å². The van der Waals surface area contributed by atoms with Crippen LogP contribution in [0.4, 0.5) is 4.39 Å². The second kappa shape index (κ2) is 6.35. The molecule has 26 heavy (non-hydrogen) atoms. The highest BCUT2D eigenvalue weighted by atomic mass is 19.1. The summed E-state index contributed by atoms with van der Waals surface area (Å²) in [5, 5.41) is 9.18. The summed E-state index contributed by atoms with van der Waals surface area (Å²) in [5.41, 5.74) is 3.38. The lowest BCUT2D eigenvalue weighted by molar-refractivity contribution is -0.131. The van der Waals surface area contributed by atoms with Crippen molar-refractivity contribution in [3.8, 4) is 0 Å². The number of nitrogens with one attached hydrogen (secondary N) is 1. The van der Waals surface area contributed by atoms with Crippen LogP contribution in [0.2, 0.25) is 0 Å². The van der Waals surface area contributed by atoms with Crippen molar-refractivity contribution in [3.63, 3.8) is 0 Å². The van der Waals surface area contributed by atoms with E-state index in [4.69, 9.17) is 0 Å². The van der Waals surface area contributed by atoms with E-state index in [-0.39, 0.29) is 29.1 Å². The number of halogens is 1. The fraction of sp³-hybridized carbons (Fsp3) is 0.550. The van der Waals surface area contributed by atoms with E-state index in [9.17, 15) is 14.4 Å². The first-order valence-electron chi connectivity index (χ1n) is 9.35. The molecule has 0 radical (unpaired) electrons. The average molecular weight is 359 g/mol. The zero-order valence-electron chi connectivity index (χ0n) is 15.2. The molecule has 1 aromatic rings. The third-order valence-electron chi connectivity index (χ3n) is 6.38. The molecule has 5 nitrogen and oxygen atoms in total. The molecule has 4 rings (SSSR count). The number of hydrogen-bond donors (Lipinski definition) is 2. The average Bonchev–Trinajstić information content (AvgIpc) is 3.32. The Kier molecular flexibility index (Phi) is 4.28. The Bertz CT molecular complexity index is 725. The van der Waals surface area contributed by atoms with Gasteiger partial charge in [0.1, 0.15) is 0 Å². The van der Waals surface area contributed by atoms with Crippen LogP contribution in [-0.4, -0.2) is 53.4 Å². The standard InChI is InChI=1S/C20H26FN3O2/c1-3-23-9-10-24-12-20(2,11-14(24)18(23)21)17-15(16(17)19(25)22-26)13-7-5-4-6-8-13/h4-8,11,15-18,26H,3,9-10,12H2,1-2H3,(H,22,25)/t15-,16+,17+,18?,20-/m0/s1. The SMILES string of the molecule is CCN1CCN2C[C@@](C)([C@H]3[C@H](C(=O)NO)[C@@H]3c3ccccc3)C=C2C1F. The summed E-state index contributed by atoms with van der Waals surface area (Å²) in [6.45, 7) is 7.04. The summed E-state index contributed by atoms with van der Waals surface area (Å²) < 4.78 is 14.9. The maximum absolute atomic E-state index is 14.9. The van der Waals surface area contributed by atoms with E-state index >= 15 is 0 Å². The van der Waals surface area contributed by atoms with Gasteiger partial charge in [0.2, 0.25) is 5.91 Å². The van der Waals surface area contributed by atoms with Gasteiger partial charge in [0.15, 0.2) is 6.30 Å². The monoisotopic (exact) mass is 359 g/mol. The van der Waals surface area contributed by atoms with Crippen molar-refractivity contribution in [2.75, 3.05) is 26.2 Å². The number of fused-ring (bicyclic) bond motifs is 1. The predicted molar refractivity (Wildman–Crippen MR) is 96.0 cm³/mol. The Labute approximate surface area is 153 Å². The topological polar surface area (TPSA) is 55.8 Å². The third kappa shape index (κ3) is 2.63. The molecule has 1 saturated carbocycles. The number of piperazine rings is 1. The zero-order valence-corrected chi connectivity index (χ0v) is 15.2. The summed E-state index contributed by atoms with van der Waals surface area (Å²) in [5.74, 6) is -0.532. The molecule has 3 aliphatic rings. The molecule has 0 spiro atoms. The summed E-state index contributed by atoms with van der Waals surface area (Å²) >= 11 is 0. The first kappa shape index (κ1) is 17.5. The van der Waals surface area contributed by atoms with Crippen LogP contribution in [-0.2, 0) is 4.79 Å². The van der Waals surface area contributed by atoms with Crippen molar-refractivity contribution in [2.24, 2.45) is 17.3 Å². The van der Waals surface area contributed by atoms with Gasteiger partial charge in [-0.1, -0.05) is 50.3 Å². The van der Waals surface area contributed by atoms with Crippen LogP contribution in [0.5, 0.6) is 0 Å². The minimum Gasteiger partial charge on any atom is -0.369 e. The largest absolute Gasteiger partial charge is 0.369 e. The molecule has 1 saturated heterocycles. The molecule has 1 aliphatic carbocycles. The van der Waals surface area contributed by atoms with Gasteiger partial charge in [-0.15, -0.1) is 0 Å². The second-order valence-corrected chi connectivity index (χ2v) is 7.93. The number of likely N-dealkylation sites (N-methyl/N-ethyl adjacent to an activating group) is 1. The quantitative estimate of drug-likeness (QED) is 0.492. The first-order valence-corrected chi connectivity index (χ1v) is 9.35. The number of benzene rings is 1. The van der Waals surface area contributed by atoms with Crippen LogP contribution in [0.3, 0.4) is 0 Å². The Hall–Kier alpha value is -1.92. The third-order valence-corrected chi connectivity index (χ3v) is 6.38. The number of amides is 1. The van der Waals surface area contributed by atoms with Gasteiger partial charge >= 0.3 is 0 Å². The van der Waals surface area contributed by atoms with Gasteiger partial charge in [-0.2, -0.15) is 0 Å². The molecular formula is C20H26FN3O2. The number of nitrogens with zero attached hydrogens (tertiary/aromatic N) is 2. The van der Waals surface area contributed by atoms with E-state index in [0.717, 1.165) is 30.9 Å². The normalized spacial score (nSPS) is 36.5. The van der Waals surface area contributed by atoms with Gasteiger partial charge in [0.05, 0.1) is 11.6 Å². The van der Waals surface area contributed by atoms with Crippen LogP contribution in [0.1, 0.15) is 25.3 Å². The molecule has 5 atom stereocenters. The molecule has 2 heterocycles. The maximum atomic E-state index is 14.9. The highest BCUT2D eigenvalue weighted by Crippen LogP contribution is 2.64. The number of hydroxylamine groups is 1. The predicted octanol–water partition coefficient (Wildman–Crippen LogP) is 2.36. The summed E-state index contributed by atoms with van der Waals surface area (Å²) in [7, 11) is 0. The van der Waals surface area contributed by atoms with Crippen molar-refractivity contribution >= 4 is 5.91 Å². The number of alkyl halides is 1. The first-order chi connectivity index (χ1) is 12.5. The van der Waals surface area contributed by atoms with Crippen LogP contribution in [0.25, 0.3) is 0 Å². The molecule has 140 valence electrons. The molecule has 0 aromatic heterocycles. The van der Waals surface area contributed by atoms with Crippen LogP contribution < -0.4 is 5.48 Å². The molecule has 1 unspecified atom stereocenters. The number of carbonyl (C=O) groups is 1. The molecule has 1 aromatic carbocycles. The highest BCUT2D eigenvalue weighted by Gasteiger charge is 2.64. The van der Waals surface area contributed by atoms with Crippen molar-refractivity contribution in [1.82, 2.24) is 15.3 Å². The second-order valence-electron chi connectivity index (χ2n) is 7.93. The summed E-state index contributed by atoms with van der Waals surface area (Å²) in [6.07, 6.45) is 0.972. The van der Waals surface area contributed by atoms with Crippen LogP contribution >= 0.6 is 0 Å². The highest BCUT2D eigenvalue weighted by molar-refractivity contribution is 5.83. The minimum absolute atomic E-state index is 0.0480. The molecule has 1 amide bonds. The van der Waals surface area contributed by atoms with Gasteiger partial charge in [-0.3, -0.25) is 14.9 Å². The van der Waals surface area contributed by atoms with Gasteiger partial charge in [-0.05, 0) is 18.0 Å². The van der Waals surface area contributed by atoms with Gasteiger partial charge in [-0.25, -0.2) is 9.87 Å².